The van der Waals surface area contributed by atoms with Crippen LogP contribution in [0.4, 0.5) is 0 Å². The van der Waals surface area contributed by atoms with Crippen LogP contribution in [0.2, 0.25) is 0 Å². The van der Waals surface area contributed by atoms with Gasteiger partial charge in [-0.1, -0.05) is 12.1 Å². The van der Waals surface area contributed by atoms with Crippen molar-refractivity contribution in [3.63, 3.8) is 0 Å². The molecular weight excluding hydrogens is 420 g/mol. The Morgan fingerprint density at radius 2 is 2.06 bits per heavy atom. The van der Waals surface area contributed by atoms with Crippen LogP contribution in [0.25, 0.3) is 0 Å². The molecule has 1 aromatic carbocycles. The van der Waals surface area contributed by atoms with Gasteiger partial charge in [0.1, 0.15) is 11.7 Å². The summed E-state index contributed by atoms with van der Waals surface area (Å²) in [6, 6.07) is 7.26. The van der Waals surface area contributed by atoms with E-state index in [1.807, 2.05) is 12.1 Å². The van der Waals surface area contributed by atoms with Crippen molar-refractivity contribution < 1.29 is 28.6 Å². The lowest BCUT2D eigenvalue weighted by atomic mass is 9.75. The Hall–Kier alpha value is -2.81. The Morgan fingerprint density at radius 1 is 1.29 bits per heavy atom. The van der Waals surface area contributed by atoms with Crippen LogP contribution in [0.15, 0.2) is 40.5 Å². The lowest BCUT2D eigenvalue weighted by molar-refractivity contribution is -0.144. The number of carbonyl (C=O) groups excluding carboxylic acids is 3. The van der Waals surface area contributed by atoms with Crippen LogP contribution in [0.1, 0.15) is 25.3 Å². The van der Waals surface area contributed by atoms with Gasteiger partial charge in [0.05, 0.1) is 32.1 Å². The Labute approximate surface area is 186 Å². The standard InChI is InChI=1S/C22H28N2O6S/c1-5-30-22(27)20-17(12-31-10-9-23-13-25)24-14(2)18(21(26)29-4)19(20)15-7-6-8-16(11-15)28-3/h6-8,11,13,18-19H,5,9-10,12H2,1-4H3,(H,23,25). The van der Waals surface area contributed by atoms with Gasteiger partial charge in [-0.05, 0) is 31.5 Å². The van der Waals surface area contributed by atoms with Crippen molar-refractivity contribution in [3.05, 3.63) is 41.1 Å². The molecule has 1 aromatic rings. The molecule has 1 N–H and O–H groups in total. The lowest BCUT2D eigenvalue weighted by Crippen LogP contribution is -2.36. The van der Waals surface area contributed by atoms with E-state index in [0.717, 1.165) is 5.56 Å². The molecule has 0 radical (unpaired) electrons. The number of hydrogen-bond acceptors (Lipinski definition) is 8. The second-order valence-corrected chi connectivity index (χ2v) is 7.82. The van der Waals surface area contributed by atoms with Gasteiger partial charge < -0.3 is 19.5 Å². The van der Waals surface area contributed by atoms with E-state index >= 15 is 0 Å². The van der Waals surface area contributed by atoms with Gasteiger partial charge in [0.25, 0.3) is 0 Å². The van der Waals surface area contributed by atoms with Crippen molar-refractivity contribution in [1.29, 1.82) is 0 Å². The molecule has 9 heteroatoms. The maximum atomic E-state index is 13.0. The largest absolute Gasteiger partial charge is 0.497 e. The molecule has 0 aromatic heterocycles. The molecule has 0 saturated carbocycles. The average Bonchev–Trinajstić information content (AvgIpc) is 2.78. The number of thioether (sulfide) groups is 1. The van der Waals surface area contributed by atoms with Crippen LogP contribution in [0.3, 0.4) is 0 Å². The molecule has 2 rings (SSSR count). The highest BCUT2D eigenvalue weighted by atomic mass is 32.2. The highest BCUT2D eigenvalue weighted by Crippen LogP contribution is 2.41. The number of benzene rings is 1. The smallest absolute Gasteiger partial charge is 0.336 e. The summed E-state index contributed by atoms with van der Waals surface area (Å²) in [5.41, 5.74) is 2.19. The normalized spacial score (nSPS) is 18.1. The third-order valence-electron chi connectivity index (χ3n) is 4.83. The van der Waals surface area contributed by atoms with Crippen molar-refractivity contribution in [1.82, 2.24) is 5.32 Å². The molecule has 0 fully saturated rings. The second-order valence-electron chi connectivity index (χ2n) is 6.71. The molecular formula is C22H28N2O6S. The predicted molar refractivity (Wildman–Crippen MR) is 119 cm³/mol. The van der Waals surface area contributed by atoms with Gasteiger partial charge in [-0.15, -0.1) is 0 Å². The highest BCUT2D eigenvalue weighted by molar-refractivity contribution is 7.99. The summed E-state index contributed by atoms with van der Waals surface area (Å²) in [7, 11) is 2.87. The number of hydrogen-bond donors (Lipinski definition) is 1. The monoisotopic (exact) mass is 448 g/mol. The first-order valence-corrected chi connectivity index (χ1v) is 11.1. The molecule has 1 aliphatic heterocycles. The minimum absolute atomic E-state index is 0.197. The van der Waals surface area contributed by atoms with Gasteiger partial charge in [0.2, 0.25) is 6.41 Å². The van der Waals surface area contributed by atoms with Crippen LogP contribution in [-0.4, -0.2) is 62.9 Å². The first-order chi connectivity index (χ1) is 15.0. The topological polar surface area (TPSA) is 103 Å². The minimum atomic E-state index is -0.762. The molecule has 2 unspecified atom stereocenters. The van der Waals surface area contributed by atoms with Crippen molar-refractivity contribution in [2.75, 3.05) is 38.9 Å². The molecule has 1 amide bonds. The van der Waals surface area contributed by atoms with E-state index in [-0.39, 0.29) is 6.61 Å². The molecule has 0 spiro atoms. The Bertz CT molecular complexity index is 867. The third-order valence-corrected chi connectivity index (χ3v) is 5.80. The van der Waals surface area contributed by atoms with Crippen LogP contribution < -0.4 is 10.1 Å². The van der Waals surface area contributed by atoms with Crippen LogP contribution in [0, 0.1) is 5.92 Å². The summed E-state index contributed by atoms with van der Waals surface area (Å²) in [5.74, 6) is -0.678. The highest BCUT2D eigenvalue weighted by Gasteiger charge is 2.43. The van der Waals surface area contributed by atoms with Gasteiger partial charge in [-0.3, -0.25) is 14.6 Å². The first kappa shape index (κ1) is 24.5. The van der Waals surface area contributed by atoms with Crippen molar-refractivity contribution in [2.45, 2.75) is 19.8 Å². The third kappa shape index (κ3) is 6.10. The molecule has 0 saturated heterocycles. The molecule has 8 nitrogen and oxygen atoms in total. The molecule has 1 heterocycles. The maximum Gasteiger partial charge on any atom is 0.336 e. The molecule has 168 valence electrons. The second kappa shape index (κ2) is 12.1. The summed E-state index contributed by atoms with van der Waals surface area (Å²) in [6.45, 7) is 4.19. The summed E-state index contributed by atoms with van der Waals surface area (Å²) in [4.78, 5) is 40.8. The van der Waals surface area contributed by atoms with Crippen LogP contribution in [-0.2, 0) is 23.9 Å². The van der Waals surface area contributed by atoms with E-state index in [9.17, 15) is 14.4 Å². The van der Waals surface area contributed by atoms with Gasteiger partial charge >= 0.3 is 11.9 Å². The molecule has 0 aliphatic carbocycles. The molecule has 1 aliphatic rings. The minimum Gasteiger partial charge on any atom is -0.497 e. The zero-order valence-corrected chi connectivity index (χ0v) is 19.0. The van der Waals surface area contributed by atoms with Gasteiger partial charge in [-0.2, -0.15) is 11.8 Å². The first-order valence-electron chi connectivity index (χ1n) is 9.90. The average molecular weight is 449 g/mol. The van der Waals surface area contributed by atoms with E-state index in [0.29, 0.717) is 47.2 Å². The number of amides is 1. The van der Waals surface area contributed by atoms with E-state index in [1.165, 1.54) is 18.9 Å². The van der Waals surface area contributed by atoms with Gasteiger partial charge in [0.15, 0.2) is 0 Å². The molecule has 2 atom stereocenters. The molecule has 31 heavy (non-hydrogen) atoms. The summed E-state index contributed by atoms with van der Waals surface area (Å²) in [6.07, 6.45) is 0.645. The van der Waals surface area contributed by atoms with Crippen LogP contribution in [0.5, 0.6) is 5.75 Å². The summed E-state index contributed by atoms with van der Waals surface area (Å²) in [5, 5.41) is 2.61. The van der Waals surface area contributed by atoms with E-state index in [4.69, 9.17) is 14.2 Å². The Balaban J connectivity index is 2.57. The zero-order chi connectivity index (χ0) is 22.8. The van der Waals surface area contributed by atoms with Crippen molar-refractivity contribution in [3.8, 4) is 5.75 Å². The SMILES string of the molecule is CCOC(=O)C1=C(CSCCNC=O)N=C(C)C(C(=O)OC)C1c1cccc(OC)c1. The number of rotatable bonds is 11. The number of carbonyl (C=O) groups is 3. The quantitative estimate of drug-likeness (QED) is 0.315. The molecule has 0 bridgehead atoms. The van der Waals surface area contributed by atoms with Gasteiger partial charge in [-0.25, -0.2) is 4.79 Å². The number of nitrogens with zero attached hydrogens (tertiary/aromatic N) is 1. The number of aliphatic imine (C=N–C) groups is 1. The van der Waals surface area contributed by atoms with E-state index < -0.39 is 23.8 Å². The summed E-state index contributed by atoms with van der Waals surface area (Å²) >= 11 is 1.53. The number of esters is 2. The number of nitrogens with one attached hydrogen (secondary N) is 1. The Kier molecular flexibility index (Phi) is 9.58. The fraction of sp³-hybridized carbons (Fsp3) is 0.455. The lowest BCUT2D eigenvalue weighted by Gasteiger charge is -2.32. The van der Waals surface area contributed by atoms with Crippen LogP contribution >= 0.6 is 11.8 Å². The van der Waals surface area contributed by atoms with Crippen molar-refractivity contribution >= 4 is 35.8 Å². The van der Waals surface area contributed by atoms with E-state index in [2.05, 4.69) is 10.3 Å². The number of ether oxygens (including phenoxy) is 3. The maximum absolute atomic E-state index is 13.0. The zero-order valence-electron chi connectivity index (χ0n) is 18.2. The van der Waals surface area contributed by atoms with Crippen molar-refractivity contribution in [2.24, 2.45) is 10.9 Å². The van der Waals surface area contributed by atoms with Gasteiger partial charge in [0, 0.05) is 29.7 Å². The fourth-order valence-electron chi connectivity index (χ4n) is 3.48. The Morgan fingerprint density at radius 3 is 2.71 bits per heavy atom. The summed E-state index contributed by atoms with van der Waals surface area (Å²) < 4.78 is 15.7. The van der Waals surface area contributed by atoms with E-state index in [1.54, 1.807) is 33.1 Å². The fourth-order valence-corrected chi connectivity index (χ4v) is 4.30. The number of methoxy groups -OCH3 is 2. The predicted octanol–water partition coefficient (Wildman–Crippen LogP) is 2.34.